The van der Waals surface area contributed by atoms with Crippen LogP contribution in [0.5, 0.6) is 0 Å². The van der Waals surface area contributed by atoms with Crippen LogP contribution in [0.1, 0.15) is 35.8 Å². The van der Waals surface area contributed by atoms with E-state index in [2.05, 4.69) is 29.4 Å². The van der Waals surface area contributed by atoms with E-state index >= 15 is 0 Å². The van der Waals surface area contributed by atoms with Crippen LogP contribution in [0.15, 0.2) is 53.3 Å². The number of aromatic amines is 1. The van der Waals surface area contributed by atoms with Gasteiger partial charge in [-0.3, -0.25) is 9.59 Å². The first-order chi connectivity index (χ1) is 11.1. The van der Waals surface area contributed by atoms with Gasteiger partial charge in [0.05, 0.1) is 5.39 Å². The molecular formula is C18H17N3O2. The quantitative estimate of drug-likeness (QED) is 0.779. The van der Waals surface area contributed by atoms with Gasteiger partial charge in [-0.15, -0.1) is 0 Å². The van der Waals surface area contributed by atoms with Gasteiger partial charge in [0.15, 0.2) is 5.69 Å². The summed E-state index contributed by atoms with van der Waals surface area (Å²) in [5, 5.41) is 10.1. The largest absolute Gasteiger partial charge is 0.321 e. The summed E-state index contributed by atoms with van der Waals surface area (Å²) in [5.74, 6) is 0.0827. The molecule has 1 aromatic heterocycles. The van der Waals surface area contributed by atoms with Crippen molar-refractivity contribution in [2.45, 2.75) is 19.8 Å². The molecule has 5 nitrogen and oxygen atoms in total. The van der Waals surface area contributed by atoms with Crippen LogP contribution < -0.4 is 10.9 Å². The van der Waals surface area contributed by atoms with Gasteiger partial charge in [0.1, 0.15) is 0 Å². The van der Waals surface area contributed by atoms with Gasteiger partial charge in [0.25, 0.3) is 11.5 Å². The van der Waals surface area contributed by atoms with E-state index in [9.17, 15) is 9.59 Å². The van der Waals surface area contributed by atoms with E-state index in [0.29, 0.717) is 22.4 Å². The van der Waals surface area contributed by atoms with Crippen LogP contribution in [0.4, 0.5) is 5.69 Å². The average molecular weight is 307 g/mol. The van der Waals surface area contributed by atoms with Crippen molar-refractivity contribution in [1.29, 1.82) is 0 Å². The van der Waals surface area contributed by atoms with Crippen molar-refractivity contribution >= 4 is 22.4 Å². The van der Waals surface area contributed by atoms with E-state index in [1.165, 1.54) is 5.56 Å². The van der Waals surface area contributed by atoms with E-state index < -0.39 is 0 Å². The summed E-state index contributed by atoms with van der Waals surface area (Å²) in [6.07, 6.45) is 0. The van der Waals surface area contributed by atoms with Crippen molar-refractivity contribution in [2.24, 2.45) is 0 Å². The Kier molecular flexibility index (Phi) is 3.93. The summed E-state index contributed by atoms with van der Waals surface area (Å²) in [4.78, 5) is 24.2. The molecule has 116 valence electrons. The SMILES string of the molecule is CC(C)c1ccc(NC(=O)c2n[nH]c(=O)c3ccccc23)cc1. The lowest BCUT2D eigenvalue weighted by atomic mass is 10.0. The van der Waals surface area contributed by atoms with Crippen molar-refractivity contribution < 1.29 is 4.79 Å². The minimum absolute atomic E-state index is 0.202. The summed E-state index contributed by atoms with van der Waals surface area (Å²) < 4.78 is 0. The first-order valence-corrected chi connectivity index (χ1v) is 7.45. The maximum Gasteiger partial charge on any atom is 0.276 e. The molecule has 5 heteroatoms. The number of hydrogen-bond acceptors (Lipinski definition) is 3. The smallest absolute Gasteiger partial charge is 0.276 e. The maximum atomic E-state index is 12.5. The highest BCUT2D eigenvalue weighted by Crippen LogP contribution is 2.18. The fourth-order valence-corrected chi connectivity index (χ4v) is 2.43. The number of H-pyrrole nitrogens is 1. The minimum Gasteiger partial charge on any atom is -0.321 e. The van der Waals surface area contributed by atoms with Crippen LogP contribution in [0.3, 0.4) is 0 Å². The number of nitrogens with zero attached hydrogens (tertiary/aromatic N) is 1. The summed E-state index contributed by atoms with van der Waals surface area (Å²) >= 11 is 0. The van der Waals surface area contributed by atoms with E-state index in [1.807, 2.05) is 24.3 Å². The Morgan fingerprint density at radius 1 is 1.04 bits per heavy atom. The fourth-order valence-electron chi connectivity index (χ4n) is 2.43. The standard InChI is InChI=1S/C18H17N3O2/c1-11(2)12-7-9-13(10-8-12)19-18(23)16-14-5-3-4-6-15(14)17(22)21-20-16/h3-11H,1-2H3,(H,19,23)(H,21,22). The van der Waals surface area contributed by atoms with Crippen LogP contribution >= 0.6 is 0 Å². The highest BCUT2D eigenvalue weighted by Gasteiger charge is 2.14. The lowest BCUT2D eigenvalue weighted by Gasteiger charge is -2.09. The van der Waals surface area contributed by atoms with Crippen molar-refractivity contribution in [3.8, 4) is 0 Å². The Labute approximate surface area is 133 Å². The van der Waals surface area contributed by atoms with Gasteiger partial charge in [-0.2, -0.15) is 5.10 Å². The number of carbonyl (C=O) groups is 1. The molecule has 3 aromatic rings. The summed E-state index contributed by atoms with van der Waals surface area (Å²) in [6, 6.07) is 14.6. The Morgan fingerprint density at radius 3 is 2.35 bits per heavy atom. The monoisotopic (exact) mass is 307 g/mol. The molecule has 23 heavy (non-hydrogen) atoms. The van der Waals surface area contributed by atoms with Crippen LogP contribution in [-0.2, 0) is 0 Å². The Balaban J connectivity index is 1.92. The molecule has 0 aliphatic heterocycles. The lowest BCUT2D eigenvalue weighted by molar-refractivity contribution is 0.102. The second kappa shape index (κ2) is 6.04. The molecule has 0 unspecified atom stereocenters. The Bertz CT molecular complexity index is 911. The van der Waals surface area contributed by atoms with Crippen LogP contribution in [0.25, 0.3) is 10.8 Å². The van der Waals surface area contributed by atoms with Gasteiger partial charge in [-0.25, -0.2) is 5.10 Å². The summed E-state index contributed by atoms with van der Waals surface area (Å²) in [5.41, 5.74) is 1.79. The lowest BCUT2D eigenvalue weighted by Crippen LogP contribution is -2.19. The van der Waals surface area contributed by atoms with Crippen LogP contribution in [-0.4, -0.2) is 16.1 Å². The highest BCUT2D eigenvalue weighted by atomic mass is 16.2. The molecule has 1 heterocycles. The molecule has 0 aliphatic carbocycles. The predicted molar refractivity (Wildman–Crippen MR) is 90.8 cm³/mol. The summed E-state index contributed by atoms with van der Waals surface area (Å²) in [6.45, 7) is 4.23. The molecular weight excluding hydrogens is 290 g/mol. The molecule has 0 atom stereocenters. The third kappa shape index (κ3) is 2.99. The molecule has 1 amide bonds. The second-order valence-corrected chi connectivity index (χ2v) is 5.68. The molecule has 0 fully saturated rings. The predicted octanol–water partition coefficient (Wildman–Crippen LogP) is 3.30. The van der Waals surface area contributed by atoms with Gasteiger partial charge >= 0.3 is 0 Å². The first-order valence-electron chi connectivity index (χ1n) is 7.45. The number of amides is 1. The maximum absolute atomic E-state index is 12.5. The molecule has 0 radical (unpaired) electrons. The zero-order valence-electron chi connectivity index (χ0n) is 13.0. The molecule has 0 aliphatic rings. The van der Waals surface area contributed by atoms with Crippen molar-refractivity contribution in [2.75, 3.05) is 5.32 Å². The van der Waals surface area contributed by atoms with Crippen LogP contribution in [0.2, 0.25) is 0 Å². The third-order valence-corrected chi connectivity index (χ3v) is 3.75. The van der Waals surface area contributed by atoms with Gasteiger partial charge < -0.3 is 5.32 Å². The molecule has 2 aromatic carbocycles. The minimum atomic E-state index is -0.352. The Morgan fingerprint density at radius 2 is 1.70 bits per heavy atom. The molecule has 0 spiro atoms. The highest BCUT2D eigenvalue weighted by molar-refractivity contribution is 6.11. The first kappa shape index (κ1) is 15.0. The molecule has 0 bridgehead atoms. The topological polar surface area (TPSA) is 74.8 Å². The molecule has 2 N–H and O–H groups in total. The summed E-state index contributed by atoms with van der Waals surface area (Å²) in [7, 11) is 0. The Hall–Kier alpha value is -2.95. The number of rotatable bonds is 3. The van der Waals surface area contributed by atoms with Crippen LogP contribution in [0, 0.1) is 0 Å². The zero-order chi connectivity index (χ0) is 16.4. The number of carbonyl (C=O) groups excluding carboxylic acids is 1. The molecule has 3 rings (SSSR count). The van der Waals surface area contributed by atoms with E-state index in [4.69, 9.17) is 0 Å². The number of hydrogen-bond donors (Lipinski definition) is 2. The van der Waals surface area contributed by atoms with Crippen molar-refractivity contribution in [1.82, 2.24) is 10.2 Å². The van der Waals surface area contributed by atoms with E-state index in [-0.39, 0.29) is 17.2 Å². The van der Waals surface area contributed by atoms with Gasteiger partial charge in [0, 0.05) is 11.1 Å². The molecule has 0 saturated heterocycles. The van der Waals surface area contributed by atoms with E-state index in [1.54, 1.807) is 24.3 Å². The van der Waals surface area contributed by atoms with Gasteiger partial charge in [-0.1, -0.05) is 44.2 Å². The number of anilines is 1. The van der Waals surface area contributed by atoms with Crippen molar-refractivity contribution in [3.05, 3.63) is 70.1 Å². The zero-order valence-corrected chi connectivity index (χ0v) is 13.0. The molecule has 0 saturated carbocycles. The fraction of sp³-hybridized carbons (Fsp3) is 0.167. The number of fused-ring (bicyclic) bond motifs is 1. The third-order valence-electron chi connectivity index (χ3n) is 3.75. The van der Waals surface area contributed by atoms with Gasteiger partial charge in [-0.05, 0) is 29.7 Å². The second-order valence-electron chi connectivity index (χ2n) is 5.68. The van der Waals surface area contributed by atoms with Gasteiger partial charge in [0.2, 0.25) is 0 Å². The number of nitrogens with one attached hydrogen (secondary N) is 2. The van der Waals surface area contributed by atoms with Crippen molar-refractivity contribution in [3.63, 3.8) is 0 Å². The number of aromatic nitrogens is 2. The number of benzene rings is 2. The average Bonchev–Trinajstić information content (AvgIpc) is 2.56. The normalized spacial score (nSPS) is 10.9. The van der Waals surface area contributed by atoms with E-state index in [0.717, 1.165) is 0 Å².